The number of ketones is 1. The summed E-state index contributed by atoms with van der Waals surface area (Å²) in [5.74, 6) is 1.27. The van der Waals surface area contributed by atoms with Crippen molar-refractivity contribution in [1.29, 1.82) is 0 Å². The number of H-pyrrole nitrogens is 2. The van der Waals surface area contributed by atoms with E-state index in [1.165, 1.54) is 0 Å². The lowest BCUT2D eigenvalue weighted by Crippen LogP contribution is -2.29. The van der Waals surface area contributed by atoms with E-state index in [9.17, 15) is 4.79 Å². The molecule has 3 aromatic heterocycles. The number of hydrogen-bond acceptors (Lipinski definition) is 6. The molecule has 2 N–H and O–H groups in total. The fourth-order valence-electron chi connectivity index (χ4n) is 3.69. The lowest BCUT2D eigenvalue weighted by molar-refractivity contribution is 0.101. The SMILES string of the molecule is CC(=O)c1c(C)[nH]c(-c2nc3nc(N(C)CCN(C)C)ncc3[nH]2)c1-c1ccccc1. The minimum absolute atomic E-state index is 0.0135. The number of fused-ring (bicyclic) bond motifs is 1. The first-order chi connectivity index (χ1) is 14.8. The summed E-state index contributed by atoms with van der Waals surface area (Å²) >= 11 is 0. The first-order valence-electron chi connectivity index (χ1n) is 10.2. The number of likely N-dealkylation sites (N-methyl/N-ethyl adjacent to an activating group) is 2. The van der Waals surface area contributed by atoms with Gasteiger partial charge in [-0.3, -0.25) is 4.79 Å². The summed E-state index contributed by atoms with van der Waals surface area (Å²) in [4.78, 5) is 37.1. The Balaban J connectivity index is 1.79. The first kappa shape index (κ1) is 20.7. The number of nitrogens with zero attached hydrogens (tertiary/aromatic N) is 5. The Morgan fingerprint density at radius 1 is 1.03 bits per heavy atom. The topological polar surface area (TPSA) is 93.8 Å². The Morgan fingerprint density at radius 3 is 2.45 bits per heavy atom. The van der Waals surface area contributed by atoms with Crippen molar-refractivity contribution in [3.63, 3.8) is 0 Å². The van der Waals surface area contributed by atoms with Gasteiger partial charge in [-0.2, -0.15) is 4.98 Å². The Kier molecular flexibility index (Phi) is 5.56. The summed E-state index contributed by atoms with van der Waals surface area (Å²) < 4.78 is 0. The highest BCUT2D eigenvalue weighted by Crippen LogP contribution is 2.36. The van der Waals surface area contributed by atoms with Crippen LogP contribution in [0.4, 0.5) is 5.95 Å². The molecule has 160 valence electrons. The number of aromatic amines is 2. The third-order valence-electron chi connectivity index (χ3n) is 5.29. The molecular weight excluding hydrogens is 390 g/mol. The molecule has 0 amide bonds. The van der Waals surface area contributed by atoms with Crippen LogP contribution in [-0.4, -0.2) is 69.8 Å². The molecule has 4 rings (SSSR count). The van der Waals surface area contributed by atoms with Crippen LogP contribution >= 0.6 is 0 Å². The predicted molar refractivity (Wildman–Crippen MR) is 123 cm³/mol. The van der Waals surface area contributed by atoms with Gasteiger partial charge in [0.1, 0.15) is 5.52 Å². The van der Waals surface area contributed by atoms with Gasteiger partial charge in [-0.25, -0.2) is 9.97 Å². The van der Waals surface area contributed by atoms with Gasteiger partial charge >= 0.3 is 0 Å². The van der Waals surface area contributed by atoms with E-state index in [2.05, 4.69) is 24.8 Å². The molecule has 4 aromatic rings. The standard InChI is InChI=1S/C23H27N7O/c1-14-18(15(2)31)19(16-9-7-6-8-10-16)20(25-14)22-26-17-13-24-23(28-21(17)27-22)30(5)12-11-29(3)4/h6-10,13,25H,11-12H2,1-5H3,(H,24,26,27,28). The smallest absolute Gasteiger partial charge is 0.227 e. The summed E-state index contributed by atoms with van der Waals surface area (Å²) in [6.07, 6.45) is 1.75. The third-order valence-corrected chi connectivity index (χ3v) is 5.29. The molecule has 8 heteroatoms. The zero-order valence-corrected chi connectivity index (χ0v) is 18.5. The zero-order chi connectivity index (χ0) is 22.1. The van der Waals surface area contributed by atoms with Crippen LogP contribution in [-0.2, 0) is 0 Å². The number of benzene rings is 1. The van der Waals surface area contributed by atoms with Crippen molar-refractivity contribution >= 4 is 22.9 Å². The average Bonchev–Trinajstić information content (AvgIpc) is 3.32. The monoisotopic (exact) mass is 417 g/mol. The second-order valence-electron chi connectivity index (χ2n) is 8.01. The summed E-state index contributed by atoms with van der Waals surface area (Å²) in [5, 5.41) is 0. The van der Waals surface area contributed by atoms with Gasteiger partial charge in [-0.05, 0) is 33.5 Å². The summed E-state index contributed by atoms with van der Waals surface area (Å²) in [5.41, 5.74) is 5.41. The molecule has 0 saturated carbocycles. The van der Waals surface area contributed by atoms with Gasteiger partial charge in [-0.15, -0.1) is 0 Å². The van der Waals surface area contributed by atoms with Gasteiger partial charge < -0.3 is 19.8 Å². The summed E-state index contributed by atoms with van der Waals surface area (Å²) in [6, 6.07) is 9.88. The second-order valence-corrected chi connectivity index (χ2v) is 8.01. The van der Waals surface area contributed by atoms with E-state index in [0.29, 0.717) is 23.0 Å². The normalized spacial score (nSPS) is 11.4. The van der Waals surface area contributed by atoms with Crippen molar-refractivity contribution in [3.05, 3.63) is 47.8 Å². The maximum atomic E-state index is 12.4. The lowest BCUT2D eigenvalue weighted by atomic mass is 9.98. The highest BCUT2D eigenvalue weighted by molar-refractivity contribution is 6.05. The number of Topliss-reactive ketones (excluding diaryl/α,β-unsaturated/α-hetero) is 1. The van der Waals surface area contributed by atoms with Crippen LogP contribution < -0.4 is 4.90 Å². The fraction of sp³-hybridized carbons (Fsp3) is 0.304. The van der Waals surface area contributed by atoms with Crippen molar-refractivity contribution in [2.24, 2.45) is 0 Å². The minimum atomic E-state index is 0.0135. The molecule has 0 unspecified atom stereocenters. The van der Waals surface area contributed by atoms with E-state index in [0.717, 1.165) is 41.1 Å². The van der Waals surface area contributed by atoms with Gasteiger partial charge in [0.15, 0.2) is 17.3 Å². The van der Waals surface area contributed by atoms with Crippen LogP contribution in [0.15, 0.2) is 36.5 Å². The van der Waals surface area contributed by atoms with Gasteiger partial charge in [-0.1, -0.05) is 30.3 Å². The van der Waals surface area contributed by atoms with E-state index in [1.807, 2.05) is 63.3 Å². The van der Waals surface area contributed by atoms with E-state index in [4.69, 9.17) is 4.98 Å². The minimum Gasteiger partial charge on any atom is -0.355 e. The van der Waals surface area contributed by atoms with Crippen molar-refractivity contribution in [2.75, 3.05) is 39.1 Å². The maximum absolute atomic E-state index is 12.4. The van der Waals surface area contributed by atoms with Gasteiger partial charge in [0.2, 0.25) is 5.95 Å². The number of hydrogen-bond donors (Lipinski definition) is 2. The molecular formula is C23H27N7O. The maximum Gasteiger partial charge on any atom is 0.227 e. The molecule has 1 aromatic carbocycles. The Bertz CT molecular complexity index is 1220. The highest BCUT2D eigenvalue weighted by Gasteiger charge is 2.23. The van der Waals surface area contributed by atoms with Crippen molar-refractivity contribution in [1.82, 2.24) is 29.8 Å². The Hall–Kier alpha value is -3.52. The number of aromatic nitrogens is 5. The third kappa shape index (κ3) is 4.06. The van der Waals surface area contributed by atoms with Crippen LogP contribution in [0.3, 0.4) is 0 Å². The number of rotatable bonds is 7. The number of carbonyl (C=O) groups is 1. The van der Waals surface area contributed by atoms with Crippen LogP contribution in [0, 0.1) is 6.92 Å². The number of anilines is 1. The lowest BCUT2D eigenvalue weighted by Gasteiger charge is -2.19. The summed E-state index contributed by atoms with van der Waals surface area (Å²) in [6.45, 7) is 5.21. The van der Waals surface area contributed by atoms with Gasteiger partial charge in [0.05, 0.1) is 11.9 Å². The molecule has 0 atom stereocenters. The molecule has 3 heterocycles. The molecule has 0 bridgehead atoms. The largest absolute Gasteiger partial charge is 0.355 e. The number of aryl methyl sites for hydroxylation is 1. The van der Waals surface area contributed by atoms with Crippen LogP contribution in [0.5, 0.6) is 0 Å². The number of carbonyl (C=O) groups excluding carboxylic acids is 1. The summed E-state index contributed by atoms with van der Waals surface area (Å²) in [7, 11) is 6.05. The van der Waals surface area contributed by atoms with Crippen molar-refractivity contribution in [2.45, 2.75) is 13.8 Å². The van der Waals surface area contributed by atoms with Gasteiger partial charge in [0.25, 0.3) is 0 Å². The molecule has 31 heavy (non-hydrogen) atoms. The number of nitrogens with one attached hydrogen (secondary N) is 2. The average molecular weight is 418 g/mol. The molecule has 8 nitrogen and oxygen atoms in total. The van der Waals surface area contributed by atoms with Gasteiger partial charge in [0, 0.05) is 37.0 Å². The van der Waals surface area contributed by atoms with E-state index < -0.39 is 0 Å². The van der Waals surface area contributed by atoms with Crippen LogP contribution in [0.1, 0.15) is 23.0 Å². The quantitative estimate of drug-likeness (QED) is 0.447. The predicted octanol–water partition coefficient (Wildman–Crippen LogP) is 3.52. The molecule has 0 spiro atoms. The number of imidazole rings is 1. The van der Waals surface area contributed by atoms with Crippen molar-refractivity contribution < 1.29 is 4.79 Å². The Morgan fingerprint density at radius 2 is 1.77 bits per heavy atom. The fourth-order valence-corrected chi connectivity index (χ4v) is 3.69. The molecule has 0 fully saturated rings. The van der Waals surface area contributed by atoms with E-state index in [1.54, 1.807) is 13.1 Å². The van der Waals surface area contributed by atoms with E-state index in [-0.39, 0.29) is 5.78 Å². The molecule has 0 radical (unpaired) electrons. The second kappa shape index (κ2) is 8.31. The zero-order valence-electron chi connectivity index (χ0n) is 18.5. The molecule has 0 aliphatic carbocycles. The first-order valence-corrected chi connectivity index (χ1v) is 10.2. The molecule has 0 aliphatic heterocycles. The highest BCUT2D eigenvalue weighted by atomic mass is 16.1. The Labute approximate surface area is 181 Å². The van der Waals surface area contributed by atoms with Crippen LogP contribution in [0.2, 0.25) is 0 Å². The van der Waals surface area contributed by atoms with E-state index >= 15 is 0 Å². The molecule has 0 aliphatic rings. The van der Waals surface area contributed by atoms with Crippen molar-refractivity contribution in [3.8, 4) is 22.6 Å². The molecule has 0 saturated heterocycles. The van der Waals surface area contributed by atoms with Crippen LogP contribution in [0.25, 0.3) is 33.8 Å².